The highest BCUT2D eigenvalue weighted by atomic mass is 19.1. The van der Waals surface area contributed by atoms with Gasteiger partial charge in [0.05, 0.1) is 6.10 Å². The maximum absolute atomic E-state index is 13.1. The molecule has 0 bridgehead atoms. The Hall–Kier alpha value is -2.15. The number of nitrogens with zero attached hydrogens (tertiary/aromatic N) is 1. The van der Waals surface area contributed by atoms with Crippen LogP contribution in [0.3, 0.4) is 0 Å². The van der Waals surface area contributed by atoms with Crippen molar-refractivity contribution in [3.8, 4) is 0 Å². The Labute approximate surface area is 167 Å². The minimum atomic E-state index is -0.266. The largest absolute Gasteiger partial charge is 0.375 e. The Bertz CT molecular complexity index is 648. The average Bonchev–Trinajstić information content (AvgIpc) is 2.68. The molecule has 1 aromatic rings. The summed E-state index contributed by atoms with van der Waals surface area (Å²) in [7, 11) is 3.35. The van der Waals surface area contributed by atoms with E-state index in [1.165, 1.54) is 12.1 Å². The Kier molecular flexibility index (Phi) is 8.70. The fourth-order valence-electron chi connectivity index (χ4n) is 3.55. The van der Waals surface area contributed by atoms with Crippen molar-refractivity contribution in [1.29, 1.82) is 0 Å². The van der Waals surface area contributed by atoms with E-state index < -0.39 is 0 Å². The molecule has 3 atom stereocenters. The maximum Gasteiger partial charge on any atom is 0.223 e. The third-order valence-corrected chi connectivity index (χ3v) is 5.02. The first-order valence-electron chi connectivity index (χ1n) is 9.98. The molecule has 2 rings (SSSR count). The smallest absolute Gasteiger partial charge is 0.223 e. The monoisotopic (exact) mass is 392 g/mol. The zero-order chi connectivity index (χ0) is 20.5. The molecule has 1 aliphatic carbocycles. The number of halogens is 1. The average molecular weight is 393 g/mol. The number of hydrogen-bond acceptors (Lipinski definition) is 3. The van der Waals surface area contributed by atoms with E-state index in [0.29, 0.717) is 12.5 Å². The van der Waals surface area contributed by atoms with Crippen LogP contribution in [0.4, 0.5) is 4.39 Å². The van der Waals surface area contributed by atoms with Crippen molar-refractivity contribution in [2.75, 3.05) is 20.7 Å². The molecular weight excluding hydrogens is 359 g/mol. The molecule has 3 N–H and O–H groups in total. The highest BCUT2D eigenvalue weighted by molar-refractivity contribution is 5.81. The first-order valence-corrected chi connectivity index (χ1v) is 9.98. The third kappa shape index (κ3) is 6.78. The number of methoxy groups -OCH3 is 1. The summed E-state index contributed by atoms with van der Waals surface area (Å²) >= 11 is 0. The Morgan fingerprint density at radius 2 is 2.00 bits per heavy atom. The molecule has 1 fully saturated rings. The Morgan fingerprint density at radius 3 is 2.61 bits per heavy atom. The molecule has 6 nitrogen and oxygen atoms in total. The molecule has 0 saturated heterocycles. The second-order valence-corrected chi connectivity index (χ2v) is 7.60. The van der Waals surface area contributed by atoms with Crippen LogP contribution in [0.2, 0.25) is 0 Å². The van der Waals surface area contributed by atoms with Crippen molar-refractivity contribution >= 4 is 11.9 Å². The van der Waals surface area contributed by atoms with Crippen molar-refractivity contribution in [2.45, 2.75) is 57.7 Å². The van der Waals surface area contributed by atoms with Crippen LogP contribution >= 0.6 is 0 Å². The highest BCUT2D eigenvalue weighted by Crippen LogP contribution is 2.24. The van der Waals surface area contributed by atoms with Gasteiger partial charge in [-0.05, 0) is 50.8 Å². The third-order valence-electron chi connectivity index (χ3n) is 5.02. The highest BCUT2D eigenvalue weighted by Gasteiger charge is 2.28. The van der Waals surface area contributed by atoms with Gasteiger partial charge in [0, 0.05) is 38.7 Å². The zero-order valence-electron chi connectivity index (χ0n) is 17.3. The van der Waals surface area contributed by atoms with Gasteiger partial charge in [0.15, 0.2) is 5.96 Å². The summed E-state index contributed by atoms with van der Waals surface area (Å²) in [6, 6.07) is 6.67. The quantitative estimate of drug-likeness (QED) is 0.493. The molecule has 1 amide bonds. The molecule has 1 saturated carbocycles. The Balaban J connectivity index is 1.87. The molecule has 156 valence electrons. The van der Waals surface area contributed by atoms with Gasteiger partial charge in [-0.15, -0.1) is 0 Å². The molecule has 3 unspecified atom stereocenters. The number of amides is 1. The van der Waals surface area contributed by atoms with Crippen LogP contribution in [-0.4, -0.2) is 44.7 Å². The fourth-order valence-corrected chi connectivity index (χ4v) is 3.55. The summed E-state index contributed by atoms with van der Waals surface area (Å²) in [5.74, 6) is 0.592. The fraction of sp³-hybridized carbons (Fsp3) is 0.619. The van der Waals surface area contributed by atoms with Gasteiger partial charge in [0.1, 0.15) is 5.82 Å². The van der Waals surface area contributed by atoms with E-state index in [1.807, 2.05) is 13.8 Å². The van der Waals surface area contributed by atoms with E-state index in [0.717, 1.165) is 31.2 Å². The van der Waals surface area contributed by atoms with Crippen LogP contribution in [0.1, 0.15) is 51.2 Å². The first-order chi connectivity index (χ1) is 13.4. The number of carbonyl (C=O) groups is 1. The molecule has 1 aromatic carbocycles. The molecule has 0 aromatic heterocycles. The predicted octanol–water partition coefficient (Wildman–Crippen LogP) is 2.76. The van der Waals surface area contributed by atoms with Crippen LogP contribution in [-0.2, 0) is 9.53 Å². The second kappa shape index (κ2) is 11.0. The van der Waals surface area contributed by atoms with E-state index in [2.05, 4.69) is 20.9 Å². The molecule has 1 aliphatic rings. The number of benzene rings is 1. The van der Waals surface area contributed by atoms with Crippen molar-refractivity contribution in [2.24, 2.45) is 10.9 Å². The summed E-state index contributed by atoms with van der Waals surface area (Å²) in [5, 5.41) is 9.72. The van der Waals surface area contributed by atoms with Crippen LogP contribution in [0.25, 0.3) is 0 Å². The lowest BCUT2D eigenvalue weighted by Gasteiger charge is -2.31. The van der Waals surface area contributed by atoms with Crippen LogP contribution in [0, 0.1) is 11.7 Å². The van der Waals surface area contributed by atoms with Gasteiger partial charge >= 0.3 is 0 Å². The number of nitrogens with one attached hydrogen (secondary N) is 3. The van der Waals surface area contributed by atoms with Crippen molar-refractivity contribution in [3.63, 3.8) is 0 Å². The molecule has 0 heterocycles. The van der Waals surface area contributed by atoms with E-state index in [-0.39, 0.29) is 35.8 Å². The van der Waals surface area contributed by atoms with Gasteiger partial charge in [-0.2, -0.15) is 0 Å². The van der Waals surface area contributed by atoms with Crippen LogP contribution in [0.5, 0.6) is 0 Å². The predicted molar refractivity (Wildman–Crippen MR) is 110 cm³/mol. The van der Waals surface area contributed by atoms with E-state index in [1.54, 1.807) is 26.3 Å². The molecule has 0 spiro atoms. The number of guanidine groups is 1. The molecular formula is C21H33FN4O2. The number of ether oxygens (including phenoxy) is 1. The first kappa shape index (κ1) is 22.1. The normalized spacial score (nSPS) is 21.3. The number of aliphatic imine (C=N–C) groups is 1. The van der Waals surface area contributed by atoms with Crippen LogP contribution in [0.15, 0.2) is 29.3 Å². The lowest BCUT2D eigenvalue weighted by Crippen LogP contribution is -2.48. The SMILES string of the molecule is CN=C(NCC(OC)c1ccc(F)cc1)NC1CCCC(C(=O)NC(C)C)C1. The number of carbonyl (C=O) groups excluding carboxylic acids is 1. The van der Waals surface area contributed by atoms with Crippen molar-refractivity contribution in [1.82, 2.24) is 16.0 Å². The lowest BCUT2D eigenvalue weighted by atomic mass is 9.85. The number of hydrogen-bond donors (Lipinski definition) is 3. The molecule has 28 heavy (non-hydrogen) atoms. The summed E-state index contributed by atoms with van der Waals surface area (Å²) in [4.78, 5) is 16.6. The van der Waals surface area contributed by atoms with Gasteiger partial charge in [-0.25, -0.2) is 4.39 Å². The Morgan fingerprint density at radius 1 is 1.29 bits per heavy atom. The minimum Gasteiger partial charge on any atom is -0.375 e. The summed E-state index contributed by atoms with van der Waals surface area (Å²) in [6.07, 6.45) is 3.54. The van der Waals surface area contributed by atoms with Crippen molar-refractivity contribution in [3.05, 3.63) is 35.6 Å². The summed E-state index contributed by atoms with van der Waals surface area (Å²) < 4.78 is 18.7. The summed E-state index contributed by atoms with van der Waals surface area (Å²) in [6.45, 7) is 4.47. The molecule has 0 radical (unpaired) electrons. The van der Waals surface area contributed by atoms with Gasteiger partial charge in [-0.1, -0.05) is 18.6 Å². The van der Waals surface area contributed by atoms with Crippen molar-refractivity contribution < 1.29 is 13.9 Å². The van der Waals surface area contributed by atoms with Gasteiger partial charge in [-0.3, -0.25) is 9.79 Å². The van der Waals surface area contributed by atoms with Gasteiger partial charge in [0.2, 0.25) is 5.91 Å². The molecule has 0 aliphatic heterocycles. The van der Waals surface area contributed by atoms with Gasteiger partial charge < -0.3 is 20.7 Å². The van der Waals surface area contributed by atoms with Gasteiger partial charge in [0.25, 0.3) is 0 Å². The lowest BCUT2D eigenvalue weighted by molar-refractivity contribution is -0.126. The second-order valence-electron chi connectivity index (χ2n) is 7.60. The van der Waals surface area contributed by atoms with E-state index >= 15 is 0 Å². The standard InChI is InChI=1S/C21H33FN4O2/c1-14(2)25-20(27)16-6-5-7-18(12-16)26-21(23-3)24-13-19(28-4)15-8-10-17(22)11-9-15/h8-11,14,16,18-19H,5-7,12-13H2,1-4H3,(H,25,27)(H2,23,24,26). The zero-order valence-corrected chi connectivity index (χ0v) is 17.3. The summed E-state index contributed by atoms with van der Waals surface area (Å²) in [5.41, 5.74) is 0.898. The number of rotatable bonds is 7. The van der Waals surface area contributed by atoms with E-state index in [9.17, 15) is 9.18 Å². The molecule has 7 heteroatoms. The minimum absolute atomic E-state index is 0.0395. The van der Waals surface area contributed by atoms with Crippen LogP contribution < -0.4 is 16.0 Å². The maximum atomic E-state index is 13.1. The topological polar surface area (TPSA) is 74.8 Å². The van der Waals surface area contributed by atoms with E-state index in [4.69, 9.17) is 4.74 Å².